The Balaban J connectivity index is 2.34. The number of ether oxygens (including phenoxy) is 1. The molecule has 0 aliphatic rings. The van der Waals surface area contributed by atoms with Crippen LogP contribution in [-0.4, -0.2) is 22.6 Å². The second kappa shape index (κ2) is 8.72. The number of rotatable bonds is 9. The van der Waals surface area contributed by atoms with Gasteiger partial charge >= 0.3 is 0 Å². The zero-order valence-electron chi connectivity index (χ0n) is 11.8. The molecule has 0 saturated carbocycles. The Labute approximate surface area is 110 Å². The van der Waals surface area contributed by atoms with Gasteiger partial charge in [-0.05, 0) is 26.7 Å². The molecule has 0 amide bonds. The maximum Gasteiger partial charge on any atom is 0.234 e. The van der Waals surface area contributed by atoms with Gasteiger partial charge in [-0.2, -0.15) is 4.98 Å². The first-order valence-electron chi connectivity index (χ1n) is 6.98. The molecule has 0 aliphatic carbocycles. The molecule has 0 bridgehead atoms. The first kappa shape index (κ1) is 14.7. The largest absolute Gasteiger partial charge is 0.474 e. The van der Waals surface area contributed by atoms with Crippen LogP contribution in [0.4, 0.5) is 5.82 Å². The molecule has 18 heavy (non-hydrogen) atoms. The van der Waals surface area contributed by atoms with Crippen molar-refractivity contribution in [3.05, 3.63) is 12.4 Å². The van der Waals surface area contributed by atoms with E-state index in [1.165, 1.54) is 25.7 Å². The van der Waals surface area contributed by atoms with Crippen molar-refractivity contribution in [2.45, 2.75) is 59.0 Å². The quantitative estimate of drug-likeness (QED) is 0.681. The van der Waals surface area contributed by atoms with Gasteiger partial charge in [-0.3, -0.25) is 4.98 Å². The Morgan fingerprint density at radius 2 is 2.06 bits per heavy atom. The van der Waals surface area contributed by atoms with E-state index in [1.807, 2.05) is 6.92 Å². The first-order chi connectivity index (χ1) is 8.76. The van der Waals surface area contributed by atoms with E-state index in [0.717, 1.165) is 18.8 Å². The molecule has 1 N–H and O–H groups in total. The van der Waals surface area contributed by atoms with Gasteiger partial charge in [0.1, 0.15) is 5.82 Å². The summed E-state index contributed by atoms with van der Waals surface area (Å²) in [5.41, 5.74) is 0. The van der Waals surface area contributed by atoms with Crippen molar-refractivity contribution in [3.63, 3.8) is 0 Å². The van der Waals surface area contributed by atoms with Gasteiger partial charge in [-0.1, -0.05) is 26.2 Å². The van der Waals surface area contributed by atoms with Gasteiger partial charge in [0.15, 0.2) is 0 Å². The topological polar surface area (TPSA) is 47.0 Å². The highest BCUT2D eigenvalue weighted by Crippen LogP contribution is 2.14. The molecule has 1 atom stereocenters. The van der Waals surface area contributed by atoms with E-state index in [2.05, 4.69) is 29.1 Å². The fourth-order valence-electron chi connectivity index (χ4n) is 1.79. The highest BCUT2D eigenvalue weighted by molar-refractivity contribution is 5.32. The molecular formula is C14H25N3O. The monoisotopic (exact) mass is 251 g/mol. The average molecular weight is 251 g/mol. The zero-order chi connectivity index (χ0) is 13.2. The maximum atomic E-state index is 5.77. The van der Waals surface area contributed by atoms with Crippen molar-refractivity contribution in [2.75, 3.05) is 11.9 Å². The average Bonchev–Trinajstić information content (AvgIpc) is 2.35. The van der Waals surface area contributed by atoms with Crippen LogP contribution in [0.1, 0.15) is 52.9 Å². The molecule has 102 valence electrons. The highest BCUT2D eigenvalue weighted by atomic mass is 16.5. The van der Waals surface area contributed by atoms with Crippen molar-refractivity contribution < 1.29 is 4.74 Å². The number of hydrogen-bond acceptors (Lipinski definition) is 4. The van der Waals surface area contributed by atoms with Crippen molar-refractivity contribution in [3.8, 4) is 5.88 Å². The minimum absolute atomic E-state index is 0.202. The van der Waals surface area contributed by atoms with E-state index in [-0.39, 0.29) is 6.10 Å². The Morgan fingerprint density at radius 3 is 2.78 bits per heavy atom. The third kappa shape index (κ3) is 5.84. The molecule has 0 aliphatic heterocycles. The summed E-state index contributed by atoms with van der Waals surface area (Å²) in [6, 6.07) is 0. The molecule has 1 unspecified atom stereocenters. The first-order valence-corrected chi connectivity index (χ1v) is 6.98. The molecule has 0 saturated heterocycles. The smallest absolute Gasteiger partial charge is 0.234 e. The summed E-state index contributed by atoms with van der Waals surface area (Å²) < 4.78 is 5.77. The van der Waals surface area contributed by atoms with Crippen LogP contribution in [0.15, 0.2) is 12.4 Å². The van der Waals surface area contributed by atoms with Crippen LogP contribution in [-0.2, 0) is 0 Å². The van der Waals surface area contributed by atoms with Crippen LogP contribution >= 0.6 is 0 Å². The third-order valence-electron chi connectivity index (χ3n) is 2.76. The van der Waals surface area contributed by atoms with Crippen molar-refractivity contribution in [1.29, 1.82) is 0 Å². The second-order valence-corrected chi connectivity index (χ2v) is 4.55. The minimum atomic E-state index is 0.202. The van der Waals surface area contributed by atoms with Crippen molar-refractivity contribution in [2.24, 2.45) is 0 Å². The van der Waals surface area contributed by atoms with E-state index in [1.54, 1.807) is 12.4 Å². The third-order valence-corrected chi connectivity index (χ3v) is 2.76. The lowest BCUT2D eigenvalue weighted by Crippen LogP contribution is -2.13. The van der Waals surface area contributed by atoms with Gasteiger partial charge in [0.2, 0.25) is 5.88 Å². The summed E-state index contributed by atoms with van der Waals surface area (Å²) in [6.07, 6.45) is 9.74. The fraction of sp³-hybridized carbons (Fsp3) is 0.714. The molecule has 1 heterocycles. The van der Waals surface area contributed by atoms with Crippen LogP contribution in [0.25, 0.3) is 0 Å². The summed E-state index contributed by atoms with van der Waals surface area (Å²) in [4.78, 5) is 8.47. The molecule has 0 fully saturated rings. The lowest BCUT2D eigenvalue weighted by Gasteiger charge is -2.14. The Bertz CT molecular complexity index is 331. The normalized spacial score (nSPS) is 12.2. The lowest BCUT2D eigenvalue weighted by molar-refractivity contribution is 0.197. The molecule has 1 aromatic rings. The maximum absolute atomic E-state index is 5.77. The molecule has 4 heteroatoms. The summed E-state index contributed by atoms with van der Waals surface area (Å²) >= 11 is 0. The molecule has 0 spiro atoms. The molecule has 0 aromatic carbocycles. The Hall–Kier alpha value is -1.32. The second-order valence-electron chi connectivity index (χ2n) is 4.55. The summed E-state index contributed by atoms with van der Waals surface area (Å²) in [5.74, 6) is 1.38. The lowest BCUT2D eigenvalue weighted by atomic mass is 10.1. The van der Waals surface area contributed by atoms with E-state index >= 15 is 0 Å². The summed E-state index contributed by atoms with van der Waals surface area (Å²) in [5, 5.41) is 3.13. The van der Waals surface area contributed by atoms with Crippen LogP contribution in [0.3, 0.4) is 0 Å². The predicted octanol–water partition coefficient (Wildman–Crippen LogP) is 3.65. The minimum Gasteiger partial charge on any atom is -0.474 e. The Morgan fingerprint density at radius 1 is 1.22 bits per heavy atom. The van der Waals surface area contributed by atoms with Crippen LogP contribution in [0.2, 0.25) is 0 Å². The fourth-order valence-corrected chi connectivity index (χ4v) is 1.79. The van der Waals surface area contributed by atoms with E-state index in [4.69, 9.17) is 4.74 Å². The molecular weight excluding hydrogens is 226 g/mol. The van der Waals surface area contributed by atoms with Gasteiger partial charge in [-0.25, -0.2) is 0 Å². The number of nitrogens with zero attached hydrogens (tertiary/aromatic N) is 2. The van der Waals surface area contributed by atoms with Crippen LogP contribution < -0.4 is 10.1 Å². The number of anilines is 1. The molecule has 1 aromatic heterocycles. The highest BCUT2D eigenvalue weighted by Gasteiger charge is 2.06. The van der Waals surface area contributed by atoms with Gasteiger partial charge in [0.25, 0.3) is 0 Å². The van der Waals surface area contributed by atoms with E-state index in [0.29, 0.717) is 5.88 Å². The van der Waals surface area contributed by atoms with Gasteiger partial charge in [-0.15, -0.1) is 0 Å². The van der Waals surface area contributed by atoms with Gasteiger partial charge in [0.05, 0.1) is 18.5 Å². The number of nitrogens with one attached hydrogen (secondary N) is 1. The molecule has 0 radical (unpaired) electrons. The molecule has 4 nitrogen and oxygen atoms in total. The number of hydrogen-bond donors (Lipinski definition) is 1. The zero-order valence-corrected chi connectivity index (χ0v) is 11.8. The summed E-state index contributed by atoms with van der Waals surface area (Å²) in [7, 11) is 0. The van der Waals surface area contributed by atoms with Crippen LogP contribution in [0, 0.1) is 0 Å². The van der Waals surface area contributed by atoms with E-state index < -0.39 is 0 Å². The standard InChI is InChI=1S/C14H25N3O/c1-4-6-7-8-9-12(3)18-14-11-15-10-13(17-14)16-5-2/h10-12H,4-9H2,1-3H3,(H,16,17). The Kier molecular flexibility index (Phi) is 7.14. The van der Waals surface area contributed by atoms with Crippen molar-refractivity contribution >= 4 is 5.82 Å². The SMILES string of the molecule is CCCCCCC(C)Oc1cncc(NCC)n1. The van der Waals surface area contributed by atoms with Crippen LogP contribution in [0.5, 0.6) is 5.88 Å². The van der Waals surface area contributed by atoms with Gasteiger partial charge in [0, 0.05) is 6.54 Å². The predicted molar refractivity (Wildman–Crippen MR) is 75.0 cm³/mol. The van der Waals surface area contributed by atoms with Gasteiger partial charge < -0.3 is 10.1 Å². The van der Waals surface area contributed by atoms with Crippen molar-refractivity contribution in [1.82, 2.24) is 9.97 Å². The summed E-state index contributed by atoms with van der Waals surface area (Å²) in [6.45, 7) is 7.19. The number of aromatic nitrogens is 2. The number of unbranched alkanes of at least 4 members (excludes halogenated alkanes) is 3. The van der Waals surface area contributed by atoms with E-state index in [9.17, 15) is 0 Å². The molecule has 1 rings (SSSR count).